The van der Waals surface area contributed by atoms with Gasteiger partial charge in [0.1, 0.15) is 5.82 Å². The fourth-order valence-corrected chi connectivity index (χ4v) is 3.18. The summed E-state index contributed by atoms with van der Waals surface area (Å²) in [6.07, 6.45) is 0. The maximum atomic E-state index is 4.13. The van der Waals surface area contributed by atoms with E-state index in [1.165, 1.54) is 4.90 Å². The van der Waals surface area contributed by atoms with E-state index in [-0.39, 0.29) is 0 Å². The Labute approximate surface area is 110 Å². The van der Waals surface area contributed by atoms with Crippen LogP contribution in [0.3, 0.4) is 0 Å². The molecule has 0 aliphatic carbocycles. The Morgan fingerprint density at radius 3 is 2.41 bits per heavy atom. The molecule has 0 saturated carbocycles. The predicted octanol–water partition coefficient (Wildman–Crippen LogP) is 3.01. The first-order valence-electron chi connectivity index (χ1n) is 5.44. The van der Waals surface area contributed by atoms with Gasteiger partial charge in [0.05, 0.1) is 0 Å². The second-order valence-electron chi connectivity index (χ2n) is 3.60. The van der Waals surface area contributed by atoms with Crippen molar-refractivity contribution >= 4 is 23.5 Å². The van der Waals surface area contributed by atoms with Crippen LogP contribution in [0, 0.1) is 6.92 Å². The molecule has 0 N–H and O–H groups in total. The van der Waals surface area contributed by atoms with Crippen molar-refractivity contribution in [3.8, 4) is 0 Å². The van der Waals surface area contributed by atoms with Crippen LogP contribution in [0.1, 0.15) is 5.82 Å². The molecule has 1 aromatic heterocycles. The molecule has 0 radical (unpaired) electrons. The van der Waals surface area contributed by atoms with Gasteiger partial charge in [-0.3, -0.25) is 0 Å². The van der Waals surface area contributed by atoms with E-state index in [2.05, 4.69) is 34.5 Å². The molecule has 0 aliphatic rings. The summed E-state index contributed by atoms with van der Waals surface area (Å²) in [6.45, 7) is 1.97. The Balaban J connectivity index is 1.75. The van der Waals surface area contributed by atoms with E-state index in [4.69, 9.17) is 0 Å². The van der Waals surface area contributed by atoms with Gasteiger partial charge < -0.3 is 4.57 Å². The Bertz CT molecular complexity index is 468. The van der Waals surface area contributed by atoms with Gasteiger partial charge in [0.15, 0.2) is 5.16 Å². The summed E-state index contributed by atoms with van der Waals surface area (Å²) in [7, 11) is 2.00. The van der Waals surface area contributed by atoms with Crippen LogP contribution < -0.4 is 0 Å². The smallest absolute Gasteiger partial charge is 0.190 e. The molecule has 1 heterocycles. The van der Waals surface area contributed by atoms with E-state index in [0.29, 0.717) is 0 Å². The normalized spacial score (nSPS) is 10.7. The first-order chi connectivity index (χ1) is 8.27. The maximum absolute atomic E-state index is 4.13. The maximum Gasteiger partial charge on any atom is 0.190 e. The first-order valence-corrected chi connectivity index (χ1v) is 7.41. The molecule has 3 nitrogen and oxygen atoms in total. The first kappa shape index (κ1) is 12.5. The molecule has 0 fully saturated rings. The zero-order valence-electron chi connectivity index (χ0n) is 9.96. The highest BCUT2D eigenvalue weighted by atomic mass is 32.2. The van der Waals surface area contributed by atoms with Gasteiger partial charge in [0.2, 0.25) is 0 Å². The minimum absolute atomic E-state index is 0.961. The van der Waals surface area contributed by atoms with Crippen molar-refractivity contribution in [1.29, 1.82) is 0 Å². The number of hydrogen-bond donors (Lipinski definition) is 0. The highest BCUT2D eigenvalue weighted by Crippen LogP contribution is 2.21. The van der Waals surface area contributed by atoms with Crippen LogP contribution in [-0.2, 0) is 7.05 Å². The second-order valence-corrected chi connectivity index (χ2v) is 5.83. The van der Waals surface area contributed by atoms with Crippen molar-refractivity contribution in [2.24, 2.45) is 7.05 Å². The number of benzene rings is 1. The average Bonchev–Trinajstić information content (AvgIpc) is 2.67. The molecular formula is C12H15N3S2. The minimum atomic E-state index is 0.961. The van der Waals surface area contributed by atoms with Gasteiger partial charge in [-0.15, -0.1) is 22.0 Å². The molecule has 0 spiro atoms. The van der Waals surface area contributed by atoms with Gasteiger partial charge in [0.25, 0.3) is 0 Å². The van der Waals surface area contributed by atoms with Crippen molar-refractivity contribution in [3.05, 3.63) is 36.2 Å². The molecule has 17 heavy (non-hydrogen) atoms. The summed E-state index contributed by atoms with van der Waals surface area (Å²) in [4.78, 5) is 1.32. The van der Waals surface area contributed by atoms with Crippen molar-refractivity contribution in [3.63, 3.8) is 0 Å². The van der Waals surface area contributed by atoms with Gasteiger partial charge >= 0.3 is 0 Å². The van der Waals surface area contributed by atoms with Gasteiger partial charge in [0, 0.05) is 23.4 Å². The summed E-state index contributed by atoms with van der Waals surface area (Å²) in [5.41, 5.74) is 0. The molecule has 2 rings (SSSR count). The van der Waals surface area contributed by atoms with E-state index in [1.807, 2.05) is 36.4 Å². The molecule has 5 heteroatoms. The van der Waals surface area contributed by atoms with Crippen LogP contribution in [0.5, 0.6) is 0 Å². The van der Waals surface area contributed by atoms with Crippen LogP contribution in [0.25, 0.3) is 0 Å². The Morgan fingerprint density at radius 1 is 1.06 bits per heavy atom. The van der Waals surface area contributed by atoms with E-state index in [1.54, 1.807) is 11.8 Å². The molecule has 0 amide bonds. The molecule has 1 aromatic carbocycles. The molecule has 2 aromatic rings. The SMILES string of the molecule is Cc1nnc(SCCSc2ccccc2)n1C. The Kier molecular flexibility index (Phi) is 4.50. The molecular weight excluding hydrogens is 250 g/mol. The standard InChI is InChI=1S/C12H15N3S2/c1-10-13-14-12(15(10)2)17-9-8-16-11-6-4-3-5-7-11/h3-7H,8-9H2,1-2H3. The zero-order valence-corrected chi connectivity index (χ0v) is 11.6. The van der Waals surface area contributed by atoms with Crippen molar-refractivity contribution in [2.75, 3.05) is 11.5 Å². The van der Waals surface area contributed by atoms with Crippen LogP contribution >= 0.6 is 23.5 Å². The number of thioether (sulfide) groups is 2. The van der Waals surface area contributed by atoms with Crippen LogP contribution in [-0.4, -0.2) is 26.3 Å². The van der Waals surface area contributed by atoms with Gasteiger partial charge in [-0.2, -0.15) is 0 Å². The zero-order chi connectivity index (χ0) is 12.1. The summed E-state index contributed by atoms with van der Waals surface area (Å²) in [5, 5.41) is 9.16. The molecule has 90 valence electrons. The van der Waals surface area contributed by atoms with E-state index in [9.17, 15) is 0 Å². The quantitative estimate of drug-likeness (QED) is 0.614. The summed E-state index contributed by atoms with van der Waals surface area (Å²) in [5.74, 6) is 3.09. The third kappa shape index (κ3) is 3.51. The molecule has 0 atom stereocenters. The fraction of sp³-hybridized carbons (Fsp3) is 0.333. The van der Waals surface area contributed by atoms with Gasteiger partial charge in [-0.05, 0) is 19.1 Å². The Morgan fingerprint density at radius 2 is 1.76 bits per heavy atom. The van der Waals surface area contributed by atoms with E-state index in [0.717, 1.165) is 22.5 Å². The van der Waals surface area contributed by atoms with Crippen LogP contribution in [0.15, 0.2) is 40.4 Å². The van der Waals surface area contributed by atoms with Gasteiger partial charge in [-0.1, -0.05) is 30.0 Å². The minimum Gasteiger partial charge on any atom is -0.309 e. The summed E-state index contributed by atoms with van der Waals surface area (Å²) >= 11 is 3.63. The predicted molar refractivity (Wildman–Crippen MR) is 73.6 cm³/mol. The number of aromatic nitrogens is 3. The monoisotopic (exact) mass is 265 g/mol. The average molecular weight is 265 g/mol. The highest BCUT2D eigenvalue weighted by molar-refractivity contribution is 8.02. The van der Waals surface area contributed by atoms with Crippen LogP contribution in [0.4, 0.5) is 0 Å². The second kappa shape index (κ2) is 6.12. The third-order valence-corrected chi connectivity index (χ3v) is 4.67. The van der Waals surface area contributed by atoms with Crippen molar-refractivity contribution < 1.29 is 0 Å². The number of aryl methyl sites for hydroxylation is 1. The number of rotatable bonds is 5. The lowest BCUT2D eigenvalue weighted by Crippen LogP contribution is -1.95. The lowest BCUT2D eigenvalue weighted by Gasteiger charge is -2.02. The molecule has 0 bridgehead atoms. The lowest BCUT2D eigenvalue weighted by atomic mass is 10.4. The van der Waals surface area contributed by atoms with Crippen molar-refractivity contribution in [1.82, 2.24) is 14.8 Å². The molecule has 0 unspecified atom stereocenters. The van der Waals surface area contributed by atoms with Gasteiger partial charge in [-0.25, -0.2) is 0 Å². The van der Waals surface area contributed by atoms with E-state index < -0.39 is 0 Å². The number of hydrogen-bond acceptors (Lipinski definition) is 4. The summed E-state index contributed by atoms with van der Waals surface area (Å²) < 4.78 is 2.03. The highest BCUT2D eigenvalue weighted by Gasteiger charge is 2.04. The largest absolute Gasteiger partial charge is 0.309 e. The molecule has 0 aliphatic heterocycles. The van der Waals surface area contributed by atoms with Crippen molar-refractivity contribution in [2.45, 2.75) is 17.0 Å². The van der Waals surface area contributed by atoms with E-state index >= 15 is 0 Å². The number of nitrogens with zero attached hydrogens (tertiary/aromatic N) is 3. The summed E-state index contributed by atoms with van der Waals surface area (Å²) in [6, 6.07) is 10.5. The third-order valence-electron chi connectivity index (χ3n) is 2.38. The topological polar surface area (TPSA) is 30.7 Å². The molecule has 0 saturated heterocycles. The lowest BCUT2D eigenvalue weighted by molar-refractivity contribution is 0.766. The van der Waals surface area contributed by atoms with Crippen LogP contribution in [0.2, 0.25) is 0 Å². The Hall–Kier alpha value is -0.940. The fourth-order valence-electron chi connectivity index (χ4n) is 1.32.